The highest BCUT2D eigenvalue weighted by Crippen LogP contribution is 2.23. The van der Waals surface area contributed by atoms with E-state index in [-0.39, 0.29) is 18.2 Å². The van der Waals surface area contributed by atoms with Gasteiger partial charge in [-0.25, -0.2) is 4.39 Å². The highest BCUT2D eigenvalue weighted by Gasteiger charge is 2.26. The van der Waals surface area contributed by atoms with Gasteiger partial charge in [-0.15, -0.1) is 0 Å². The molecule has 5 nitrogen and oxygen atoms in total. The molecule has 0 radical (unpaired) electrons. The molecule has 0 aliphatic heterocycles. The number of benzene rings is 2. The molecule has 0 saturated heterocycles. The Kier molecular flexibility index (Phi) is 7.45. The predicted molar refractivity (Wildman–Crippen MR) is 102 cm³/mol. The van der Waals surface area contributed by atoms with E-state index in [1.165, 1.54) is 30.1 Å². The maximum absolute atomic E-state index is 13.7. The quantitative estimate of drug-likeness (QED) is 0.754. The van der Waals surface area contributed by atoms with Crippen LogP contribution in [0.5, 0.6) is 5.75 Å². The molecule has 2 aromatic rings. The highest BCUT2D eigenvalue weighted by molar-refractivity contribution is 6.35. The maximum atomic E-state index is 13.7. The van der Waals surface area contributed by atoms with E-state index in [0.29, 0.717) is 15.6 Å². The summed E-state index contributed by atoms with van der Waals surface area (Å²) >= 11 is 12.1. The Bertz CT molecular complexity index is 832. The van der Waals surface area contributed by atoms with Crippen LogP contribution in [0.2, 0.25) is 10.0 Å². The zero-order valence-electron chi connectivity index (χ0n) is 14.8. The molecule has 144 valence electrons. The first-order valence-electron chi connectivity index (χ1n) is 8.15. The van der Waals surface area contributed by atoms with Crippen LogP contribution < -0.4 is 10.1 Å². The number of carbonyl (C=O) groups excluding carboxylic acids is 2. The monoisotopic (exact) mass is 412 g/mol. The molecule has 0 aliphatic carbocycles. The van der Waals surface area contributed by atoms with Gasteiger partial charge < -0.3 is 15.0 Å². The molecular weight excluding hydrogens is 394 g/mol. The van der Waals surface area contributed by atoms with Crippen LogP contribution >= 0.6 is 23.2 Å². The lowest BCUT2D eigenvalue weighted by atomic mass is 10.1. The molecule has 2 amide bonds. The normalized spacial score (nSPS) is 11.6. The number of nitrogens with zero attached hydrogens (tertiary/aromatic N) is 1. The van der Waals surface area contributed by atoms with Crippen LogP contribution in [0, 0.1) is 5.82 Å². The van der Waals surface area contributed by atoms with Crippen molar-refractivity contribution in [3.63, 3.8) is 0 Å². The van der Waals surface area contributed by atoms with Crippen molar-refractivity contribution in [1.29, 1.82) is 0 Å². The number of nitrogens with one attached hydrogen (secondary N) is 1. The second-order valence-corrected chi connectivity index (χ2v) is 6.61. The highest BCUT2D eigenvalue weighted by atomic mass is 35.5. The average Bonchev–Trinajstić information content (AvgIpc) is 2.65. The molecule has 0 aromatic heterocycles. The van der Waals surface area contributed by atoms with Crippen molar-refractivity contribution < 1.29 is 18.7 Å². The number of para-hydroxylation sites is 1. The first-order chi connectivity index (χ1) is 12.8. The molecule has 0 spiro atoms. The number of hydrogen-bond donors (Lipinski definition) is 1. The molecule has 1 atom stereocenters. The van der Waals surface area contributed by atoms with Crippen LogP contribution in [0.3, 0.4) is 0 Å². The third-order valence-electron chi connectivity index (χ3n) is 3.96. The molecule has 1 N–H and O–H groups in total. The second kappa shape index (κ2) is 9.58. The van der Waals surface area contributed by atoms with Gasteiger partial charge in [-0.3, -0.25) is 9.59 Å². The van der Waals surface area contributed by atoms with E-state index in [1.54, 1.807) is 31.2 Å². The number of ether oxygens (including phenoxy) is 1. The summed E-state index contributed by atoms with van der Waals surface area (Å²) in [6, 6.07) is 9.88. The molecule has 0 bridgehead atoms. The van der Waals surface area contributed by atoms with Gasteiger partial charge in [0.05, 0.1) is 0 Å². The molecule has 27 heavy (non-hydrogen) atoms. The second-order valence-electron chi connectivity index (χ2n) is 5.77. The fourth-order valence-corrected chi connectivity index (χ4v) is 2.88. The fourth-order valence-electron chi connectivity index (χ4n) is 2.41. The zero-order valence-corrected chi connectivity index (χ0v) is 16.4. The van der Waals surface area contributed by atoms with E-state index in [2.05, 4.69) is 5.32 Å². The van der Waals surface area contributed by atoms with Crippen molar-refractivity contribution in [2.75, 3.05) is 13.7 Å². The van der Waals surface area contributed by atoms with Gasteiger partial charge in [-0.2, -0.15) is 0 Å². The van der Waals surface area contributed by atoms with Crippen LogP contribution in [-0.2, 0) is 16.1 Å². The van der Waals surface area contributed by atoms with Crippen molar-refractivity contribution >= 4 is 35.0 Å². The van der Waals surface area contributed by atoms with Gasteiger partial charge >= 0.3 is 0 Å². The molecule has 2 aromatic carbocycles. The minimum Gasteiger partial charge on any atom is -0.481 e. The summed E-state index contributed by atoms with van der Waals surface area (Å²) < 4.78 is 19.0. The Morgan fingerprint density at radius 2 is 1.93 bits per heavy atom. The number of hydrogen-bond acceptors (Lipinski definition) is 3. The molecular formula is C19H19Cl2FN2O3. The Hall–Kier alpha value is -2.31. The lowest BCUT2D eigenvalue weighted by Crippen LogP contribution is -2.48. The number of carbonyl (C=O) groups is 2. The smallest absolute Gasteiger partial charge is 0.261 e. The lowest BCUT2D eigenvalue weighted by Gasteiger charge is -2.28. The van der Waals surface area contributed by atoms with Gasteiger partial charge in [0.15, 0.2) is 18.2 Å². The molecule has 0 fully saturated rings. The number of likely N-dealkylation sites (N-methyl/N-ethyl adjacent to an activating group) is 1. The van der Waals surface area contributed by atoms with Crippen LogP contribution in [0.4, 0.5) is 4.39 Å². The summed E-state index contributed by atoms with van der Waals surface area (Å²) in [6.45, 7) is 1.24. The Morgan fingerprint density at radius 3 is 2.56 bits per heavy atom. The Balaban J connectivity index is 2.19. The third kappa shape index (κ3) is 5.58. The molecule has 1 unspecified atom stereocenters. The number of rotatable bonds is 7. The van der Waals surface area contributed by atoms with Crippen LogP contribution in [-0.4, -0.2) is 36.4 Å². The topological polar surface area (TPSA) is 58.6 Å². The molecule has 0 saturated carbocycles. The van der Waals surface area contributed by atoms with Gasteiger partial charge in [-0.1, -0.05) is 41.4 Å². The van der Waals surface area contributed by atoms with Crippen molar-refractivity contribution in [3.8, 4) is 5.75 Å². The lowest BCUT2D eigenvalue weighted by molar-refractivity contribution is -0.142. The van der Waals surface area contributed by atoms with Crippen LogP contribution in [0.25, 0.3) is 0 Å². The molecule has 0 aliphatic rings. The summed E-state index contributed by atoms with van der Waals surface area (Å²) in [4.78, 5) is 26.1. The van der Waals surface area contributed by atoms with Crippen LogP contribution in [0.15, 0.2) is 42.5 Å². The van der Waals surface area contributed by atoms with Gasteiger partial charge in [-0.05, 0) is 36.8 Å². The first kappa shape index (κ1) is 21.0. The largest absolute Gasteiger partial charge is 0.481 e. The fraction of sp³-hybridized carbons (Fsp3) is 0.263. The zero-order chi connectivity index (χ0) is 20.0. The number of amides is 2. The molecule has 0 heterocycles. The Morgan fingerprint density at radius 1 is 1.22 bits per heavy atom. The van der Waals surface area contributed by atoms with E-state index < -0.39 is 24.4 Å². The van der Waals surface area contributed by atoms with Crippen molar-refractivity contribution in [3.05, 3.63) is 63.9 Å². The summed E-state index contributed by atoms with van der Waals surface area (Å²) in [7, 11) is 1.48. The van der Waals surface area contributed by atoms with Gasteiger partial charge in [0, 0.05) is 23.6 Å². The summed E-state index contributed by atoms with van der Waals surface area (Å²) in [5.41, 5.74) is 0.621. The first-order valence-corrected chi connectivity index (χ1v) is 8.91. The van der Waals surface area contributed by atoms with E-state index in [4.69, 9.17) is 27.9 Å². The van der Waals surface area contributed by atoms with Crippen molar-refractivity contribution in [2.45, 2.75) is 19.5 Å². The number of halogens is 3. The summed E-state index contributed by atoms with van der Waals surface area (Å²) in [5, 5.41) is 3.34. The van der Waals surface area contributed by atoms with Crippen LogP contribution in [0.1, 0.15) is 12.5 Å². The van der Waals surface area contributed by atoms with Gasteiger partial charge in [0.1, 0.15) is 6.04 Å². The van der Waals surface area contributed by atoms with Gasteiger partial charge in [0.25, 0.3) is 5.91 Å². The van der Waals surface area contributed by atoms with E-state index in [0.717, 1.165) is 0 Å². The molecule has 8 heteroatoms. The van der Waals surface area contributed by atoms with Gasteiger partial charge in [0.2, 0.25) is 5.91 Å². The minimum atomic E-state index is -0.779. The van der Waals surface area contributed by atoms with Crippen molar-refractivity contribution in [1.82, 2.24) is 10.2 Å². The summed E-state index contributed by atoms with van der Waals surface area (Å²) in [6.07, 6.45) is 0. The third-order valence-corrected chi connectivity index (χ3v) is 4.54. The predicted octanol–water partition coefficient (Wildman–Crippen LogP) is 3.67. The van der Waals surface area contributed by atoms with E-state index in [1.807, 2.05) is 0 Å². The minimum absolute atomic E-state index is 0.0390. The standard InChI is InChI=1S/C19H19Cl2FN2O3/c1-12(19(26)23-2)24(10-13-7-8-14(20)9-15(13)21)18(25)11-27-17-6-4-3-5-16(17)22/h3-9,12H,10-11H2,1-2H3,(H,23,26). The average molecular weight is 413 g/mol. The summed E-state index contributed by atoms with van der Waals surface area (Å²) in [5.74, 6) is -1.44. The Labute approximate surface area is 167 Å². The van der Waals surface area contributed by atoms with E-state index >= 15 is 0 Å². The molecule has 2 rings (SSSR count). The SMILES string of the molecule is CNC(=O)C(C)N(Cc1ccc(Cl)cc1Cl)C(=O)COc1ccccc1F. The maximum Gasteiger partial charge on any atom is 0.261 e. The van der Waals surface area contributed by atoms with E-state index in [9.17, 15) is 14.0 Å². The van der Waals surface area contributed by atoms with Crippen molar-refractivity contribution in [2.24, 2.45) is 0 Å².